The van der Waals surface area contributed by atoms with Gasteiger partial charge in [-0.15, -0.1) is 0 Å². The molecule has 19 heavy (non-hydrogen) atoms. The summed E-state index contributed by atoms with van der Waals surface area (Å²) in [6.07, 6.45) is 1.69. The minimum atomic E-state index is -0.373. The highest BCUT2D eigenvalue weighted by molar-refractivity contribution is 9.10. The molecular weight excluding hydrogens is 310 g/mol. The van der Waals surface area contributed by atoms with Gasteiger partial charge >= 0.3 is 0 Å². The lowest BCUT2D eigenvalue weighted by molar-refractivity contribution is -0.385. The third-order valence-corrected chi connectivity index (χ3v) is 3.52. The van der Waals surface area contributed by atoms with E-state index in [0.717, 1.165) is 15.9 Å². The van der Waals surface area contributed by atoms with Crippen LogP contribution in [0.5, 0.6) is 0 Å². The van der Waals surface area contributed by atoms with Crippen molar-refractivity contribution in [1.29, 1.82) is 0 Å². The Hall–Kier alpha value is -1.95. The number of aryl methyl sites for hydroxylation is 1. The van der Waals surface area contributed by atoms with E-state index in [1.165, 1.54) is 6.07 Å². The van der Waals surface area contributed by atoms with Gasteiger partial charge in [0.15, 0.2) is 0 Å². The number of aromatic nitrogens is 1. The summed E-state index contributed by atoms with van der Waals surface area (Å²) in [6.45, 7) is 2.33. The molecule has 0 saturated heterocycles. The minimum Gasteiger partial charge on any atom is -0.379 e. The third-order valence-electron chi connectivity index (χ3n) is 2.69. The summed E-state index contributed by atoms with van der Waals surface area (Å²) in [4.78, 5) is 14.7. The quantitative estimate of drug-likeness (QED) is 0.530. The topological polar surface area (TPSA) is 68.1 Å². The molecule has 0 aliphatic heterocycles. The van der Waals surface area contributed by atoms with E-state index >= 15 is 0 Å². The first kappa shape index (κ1) is 13.5. The number of hydrogen-bond donors (Lipinski definition) is 1. The lowest BCUT2D eigenvalue weighted by Crippen LogP contribution is -2.03. The lowest BCUT2D eigenvalue weighted by atomic mass is 10.2. The fourth-order valence-corrected chi connectivity index (χ4v) is 1.91. The molecule has 6 heteroatoms. The molecule has 2 aromatic rings. The summed E-state index contributed by atoms with van der Waals surface area (Å²) >= 11 is 3.33. The first-order chi connectivity index (χ1) is 9.08. The van der Waals surface area contributed by atoms with Crippen LogP contribution >= 0.6 is 15.9 Å². The molecule has 0 bridgehead atoms. The number of nitrogens with one attached hydrogen (secondary N) is 1. The van der Waals surface area contributed by atoms with Crippen molar-refractivity contribution in [2.24, 2.45) is 0 Å². The lowest BCUT2D eigenvalue weighted by Gasteiger charge is -2.08. The second-order valence-electron chi connectivity index (χ2n) is 4.07. The van der Waals surface area contributed by atoms with Gasteiger partial charge in [-0.25, -0.2) is 4.98 Å². The van der Waals surface area contributed by atoms with Crippen LogP contribution < -0.4 is 5.32 Å². The van der Waals surface area contributed by atoms with Crippen LogP contribution in [0.15, 0.2) is 41.1 Å². The van der Waals surface area contributed by atoms with E-state index in [0.29, 0.717) is 12.1 Å². The third kappa shape index (κ3) is 3.29. The summed E-state index contributed by atoms with van der Waals surface area (Å²) in [5.74, 6) is 0. The first-order valence-corrected chi connectivity index (χ1v) is 6.45. The van der Waals surface area contributed by atoms with Crippen LogP contribution in [0.3, 0.4) is 0 Å². The van der Waals surface area contributed by atoms with Gasteiger partial charge in [-0.3, -0.25) is 10.1 Å². The van der Waals surface area contributed by atoms with Gasteiger partial charge in [-0.1, -0.05) is 18.2 Å². The normalized spacial score (nSPS) is 10.2. The number of rotatable bonds is 4. The number of benzene rings is 1. The van der Waals surface area contributed by atoms with Crippen LogP contribution in [0, 0.1) is 17.0 Å². The molecule has 0 atom stereocenters. The van der Waals surface area contributed by atoms with Crippen molar-refractivity contribution in [3.8, 4) is 0 Å². The van der Waals surface area contributed by atoms with Gasteiger partial charge in [-0.2, -0.15) is 0 Å². The van der Waals surface area contributed by atoms with E-state index in [1.807, 2.05) is 13.0 Å². The molecule has 0 spiro atoms. The predicted octanol–water partition coefficient (Wildman–Crippen LogP) is 3.67. The number of halogens is 1. The Labute approximate surface area is 119 Å². The molecule has 98 valence electrons. The van der Waals surface area contributed by atoms with E-state index in [-0.39, 0.29) is 10.6 Å². The smallest absolute Gasteiger partial charge is 0.274 e. The molecule has 0 radical (unpaired) electrons. The highest BCUT2D eigenvalue weighted by atomic mass is 79.9. The Kier molecular flexibility index (Phi) is 4.11. The average molecular weight is 322 g/mol. The first-order valence-electron chi connectivity index (χ1n) is 5.66. The average Bonchev–Trinajstić information content (AvgIpc) is 2.40. The van der Waals surface area contributed by atoms with Crippen LogP contribution in [-0.4, -0.2) is 9.91 Å². The number of pyridine rings is 1. The van der Waals surface area contributed by atoms with Gasteiger partial charge in [0.05, 0.1) is 16.8 Å². The van der Waals surface area contributed by atoms with Crippen molar-refractivity contribution in [3.05, 3.63) is 62.4 Å². The maximum absolute atomic E-state index is 10.9. The molecule has 1 heterocycles. The molecule has 0 aliphatic rings. The number of nitro groups is 1. The zero-order valence-electron chi connectivity index (χ0n) is 10.3. The monoisotopic (exact) mass is 321 g/mol. The molecule has 1 aromatic carbocycles. The van der Waals surface area contributed by atoms with Crippen LogP contribution in [0.1, 0.15) is 11.1 Å². The summed E-state index contributed by atoms with van der Waals surface area (Å²) < 4.78 is 0.795. The van der Waals surface area contributed by atoms with Gasteiger partial charge < -0.3 is 5.32 Å². The number of nitrogens with zero attached hydrogens (tertiary/aromatic N) is 2. The summed E-state index contributed by atoms with van der Waals surface area (Å²) in [6, 6.07) is 8.63. The van der Waals surface area contributed by atoms with Crippen molar-refractivity contribution >= 4 is 27.3 Å². The zero-order valence-corrected chi connectivity index (χ0v) is 11.8. The Balaban J connectivity index is 2.14. The Morgan fingerprint density at radius 3 is 2.84 bits per heavy atom. The maximum Gasteiger partial charge on any atom is 0.274 e. The van der Waals surface area contributed by atoms with Crippen molar-refractivity contribution in [3.63, 3.8) is 0 Å². The Morgan fingerprint density at radius 1 is 1.42 bits per heavy atom. The molecule has 0 unspecified atom stereocenters. The van der Waals surface area contributed by atoms with Crippen molar-refractivity contribution in [2.75, 3.05) is 5.32 Å². The van der Waals surface area contributed by atoms with E-state index in [4.69, 9.17) is 0 Å². The van der Waals surface area contributed by atoms with E-state index in [2.05, 4.69) is 26.2 Å². The summed E-state index contributed by atoms with van der Waals surface area (Å²) in [5.41, 5.74) is 2.61. The second-order valence-corrected chi connectivity index (χ2v) is 4.82. The summed E-state index contributed by atoms with van der Waals surface area (Å²) in [7, 11) is 0. The Bertz CT molecular complexity index is 617. The van der Waals surface area contributed by atoms with Crippen LogP contribution in [-0.2, 0) is 6.54 Å². The number of nitro benzene ring substituents is 1. The number of anilines is 1. The summed E-state index contributed by atoms with van der Waals surface area (Å²) in [5, 5.41) is 14.0. The zero-order chi connectivity index (χ0) is 13.8. The van der Waals surface area contributed by atoms with Crippen LogP contribution in [0.25, 0.3) is 0 Å². The van der Waals surface area contributed by atoms with Crippen LogP contribution in [0.2, 0.25) is 0 Å². The van der Waals surface area contributed by atoms with Gasteiger partial charge in [0.25, 0.3) is 5.69 Å². The minimum absolute atomic E-state index is 0.122. The van der Waals surface area contributed by atoms with E-state index < -0.39 is 0 Å². The second kappa shape index (κ2) is 5.79. The van der Waals surface area contributed by atoms with E-state index in [9.17, 15) is 10.1 Å². The fraction of sp³-hybridized carbons (Fsp3) is 0.154. The van der Waals surface area contributed by atoms with Gasteiger partial charge in [0, 0.05) is 18.2 Å². The highest BCUT2D eigenvalue weighted by Crippen LogP contribution is 2.21. The molecule has 1 N–H and O–H groups in total. The largest absolute Gasteiger partial charge is 0.379 e. The SMILES string of the molecule is Cc1cc(NCc2ccccc2[N+](=O)[O-])cnc1Br. The molecule has 5 nitrogen and oxygen atoms in total. The molecule has 2 rings (SSSR count). The van der Waals surface area contributed by atoms with Gasteiger partial charge in [0.2, 0.25) is 0 Å². The molecular formula is C13H12BrN3O2. The molecule has 1 aromatic heterocycles. The van der Waals surface area contributed by atoms with Crippen molar-refractivity contribution < 1.29 is 4.92 Å². The molecule has 0 amide bonds. The maximum atomic E-state index is 10.9. The Morgan fingerprint density at radius 2 is 2.16 bits per heavy atom. The predicted molar refractivity (Wildman–Crippen MR) is 77.1 cm³/mol. The number of para-hydroxylation sites is 1. The van der Waals surface area contributed by atoms with Gasteiger partial charge in [-0.05, 0) is 34.5 Å². The number of hydrogen-bond acceptors (Lipinski definition) is 4. The molecule has 0 fully saturated rings. The molecule has 0 saturated carbocycles. The van der Waals surface area contributed by atoms with E-state index in [1.54, 1.807) is 24.4 Å². The standard InChI is InChI=1S/C13H12BrN3O2/c1-9-6-11(8-16-13(9)14)15-7-10-4-2-3-5-12(10)17(18)19/h2-6,8,15H,7H2,1H3. The highest BCUT2D eigenvalue weighted by Gasteiger charge is 2.11. The molecule has 0 aliphatic carbocycles. The van der Waals surface area contributed by atoms with Gasteiger partial charge in [0.1, 0.15) is 4.60 Å². The van der Waals surface area contributed by atoms with Crippen molar-refractivity contribution in [2.45, 2.75) is 13.5 Å². The van der Waals surface area contributed by atoms with Crippen molar-refractivity contribution in [1.82, 2.24) is 4.98 Å². The fourth-order valence-electron chi connectivity index (χ4n) is 1.69. The van der Waals surface area contributed by atoms with Crippen LogP contribution in [0.4, 0.5) is 11.4 Å².